The Balaban J connectivity index is 2.32. The van der Waals surface area contributed by atoms with Gasteiger partial charge < -0.3 is 16.3 Å². The lowest BCUT2D eigenvalue weighted by atomic mass is 10.2. The highest BCUT2D eigenvalue weighted by Gasteiger charge is 2.19. The van der Waals surface area contributed by atoms with Crippen LogP contribution in [-0.2, 0) is 0 Å². The Hall–Kier alpha value is -2.76. The molecule has 2 aromatic rings. The molecule has 0 radical (unpaired) electrons. The van der Waals surface area contributed by atoms with Crippen LogP contribution >= 0.6 is 0 Å². The van der Waals surface area contributed by atoms with Crippen LogP contribution in [0.25, 0.3) is 0 Å². The maximum absolute atomic E-state index is 12.0. The van der Waals surface area contributed by atoms with Crippen LogP contribution in [0.15, 0.2) is 36.5 Å². The fraction of sp³-hybridized carbons (Fsp3) is 0.0769. The standard InChI is InChI=1S/C13H13N3O3/c1-8-11(13(18)19)10(7-16(8)14)15-12(17)9-5-3-2-4-6-9/h2-7H,14H2,1H3,(H,15,17)(H,18,19). The van der Waals surface area contributed by atoms with Crippen LogP contribution in [0.3, 0.4) is 0 Å². The van der Waals surface area contributed by atoms with Gasteiger partial charge in [-0.15, -0.1) is 0 Å². The number of carboxylic acids is 1. The highest BCUT2D eigenvalue weighted by atomic mass is 16.4. The van der Waals surface area contributed by atoms with Crippen LogP contribution in [-0.4, -0.2) is 21.7 Å². The van der Waals surface area contributed by atoms with E-state index in [0.717, 1.165) is 0 Å². The lowest BCUT2D eigenvalue weighted by Gasteiger charge is -2.04. The zero-order valence-electron chi connectivity index (χ0n) is 10.3. The molecule has 0 unspecified atom stereocenters. The van der Waals surface area contributed by atoms with Crippen molar-refractivity contribution in [3.05, 3.63) is 53.3 Å². The van der Waals surface area contributed by atoms with Gasteiger partial charge in [-0.1, -0.05) is 18.2 Å². The predicted octanol–water partition coefficient (Wildman–Crippen LogP) is 1.46. The molecule has 6 heteroatoms. The number of hydrogen-bond donors (Lipinski definition) is 3. The minimum absolute atomic E-state index is 0.00761. The molecule has 0 saturated carbocycles. The van der Waals surface area contributed by atoms with Crippen molar-refractivity contribution in [3.8, 4) is 0 Å². The average Bonchev–Trinajstić information content (AvgIpc) is 2.65. The molecule has 6 nitrogen and oxygen atoms in total. The number of nitrogens with two attached hydrogens (primary N) is 1. The van der Waals surface area contributed by atoms with Gasteiger partial charge in [-0.05, 0) is 19.1 Å². The first-order chi connectivity index (χ1) is 9.00. The van der Waals surface area contributed by atoms with Crippen LogP contribution in [0.5, 0.6) is 0 Å². The third-order valence-electron chi connectivity index (χ3n) is 2.78. The van der Waals surface area contributed by atoms with Gasteiger partial charge in [0.25, 0.3) is 5.91 Å². The van der Waals surface area contributed by atoms with Crippen LogP contribution in [0.4, 0.5) is 5.69 Å². The second-order valence-electron chi connectivity index (χ2n) is 4.04. The Bertz CT molecular complexity index is 632. The lowest BCUT2D eigenvalue weighted by Crippen LogP contribution is -2.13. The molecular weight excluding hydrogens is 246 g/mol. The first-order valence-corrected chi connectivity index (χ1v) is 5.57. The molecule has 19 heavy (non-hydrogen) atoms. The van der Waals surface area contributed by atoms with Crippen molar-refractivity contribution < 1.29 is 14.7 Å². The van der Waals surface area contributed by atoms with Gasteiger partial charge in [0, 0.05) is 5.56 Å². The summed E-state index contributed by atoms with van der Waals surface area (Å²) < 4.78 is 1.17. The Morgan fingerprint density at radius 2 is 1.89 bits per heavy atom. The molecule has 1 amide bonds. The number of aromatic carboxylic acids is 1. The number of anilines is 1. The van der Waals surface area contributed by atoms with E-state index in [0.29, 0.717) is 11.3 Å². The van der Waals surface area contributed by atoms with E-state index in [2.05, 4.69) is 5.32 Å². The maximum Gasteiger partial charge on any atom is 0.339 e. The van der Waals surface area contributed by atoms with Crippen molar-refractivity contribution >= 4 is 17.6 Å². The molecule has 1 aromatic carbocycles. The van der Waals surface area contributed by atoms with Crippen LogP contribution < -0.4 is 11.2 Å². The minimum atomic E-state index is -1.13. The highest BCUT2D eigenvalue weighted by Crippen LogP contribution is 2.21. The van der Waals surface area contributed by atoms with E-state index >= 15 is 0 Å². The van der Waals surface area contributed by atoms with Gasteiger partial charge >= 0.3 is 5.97 Å². The molecule has 0 spiro atoms. The largest absolute Gasteiger partial charge is 0.478 e. The normalized spacial score (nSPS) is 10.2. The van der Waals surface area contributed by atoms with Gasteiger partial charge in [-0.25, -0.2) is 4.79 Å². The van der Waals surface area contributed by atoms with E-state index in [-0.39, 0.29) is 17.2 Å². The zero-order chi connectivity index (χ0) is 14.0. The fourth-order valence-corrected chi connectivity index (χ4v) is 1.77. The molecule has 98 valence electrons. The lowest BCUT2D eigenvalue weighted by molar-refractivity contribution is 0.0697. The van der Waals surface area contributed by atoms with E-state index < -0.39 is 5.97 Å². The molecule has 0 aliphatic heterocycles. The molecule has 2 rings (SSSR count). The third-order valence-corrected chi connectivity index (χ3v) is 2.78. The van der Waals surface area contributed by atoms with Gasteiger partial charge in [-0.2, -0.15) is 0 Å². The quantitative estimate of drug-likeness (QED) is 0.727. The number of nitrogen functional groups attached to an aromatic ring is 1. The van der Waals surface area contributed by atoms with Crippen molar-refractivity contribution in [2.75, 3.05) is 11.2 Å². The van der Waals surface area contributed by atoms with E-state index in [1.165, 1.54) is 10.9 Å². The summed E-state index contributed by atoms with van der Waals surface area (Å²) in [6.07, 6.45) is 1.37. The van der Waals surface area contributed by atoms with Crippen LogP contribution in [0.1, 0.15) is 26.4 Å². The molecule has 1 heterocycles. The molecule has 0 aliphatic rings. The molecule has 0 saturated heterocycles. The summed E-state index contributed by atoms with van der Waals surface area (Å²) in [4.78, 5) is 23.1. The summed E-state index contributed by atoms with van der Waals surface area (Å²) in [5.41, 5.74) is 0.991. The maximum atomic E-state index is 12.0. The van der Waals surface area contributed by atoms with Crippen LogP contribution in [0.2, 0.25) is 0 Å². The van der Waals surface area contributed by atoms with Gasteiger partial charge in [0.15, 0.2) is 0 Å². The Morgan fingerprint density at radius 3 is 2.47 bits per heavy atom. The number of amides is 1. The molecular formula is C13H13N3O3. The van der Waals surface area contributed by atoms with Gasteiger partial charge in [0.1, 0.15) is 5.56 Å². The summed E-state index contributed by atoms with van der Waals surface area (Å²) in [5.74, 6) is 4.08. The summed E-state index contributed by atoms with van der Waals surface area (Å²) in [5, 5.41) is 11.7. The van der Waals surface area contributed by atoms with E-state index in [1.54, 1.807) is 37.3 Å². The second-order valence-corrected chi connectivity index (χ2v) is 4.04. The second kappa shape index (κ2) is 4.85. The van der Waals surface area contributed by atoms with E-state index in [4.69, 9.17) is 10.9 Å². The van der Waals surface area contributed by atoms with E-state index in [1.807, 2.05) is 0 Å². The number of nitrogens with one attached hydrogen (secondary N) is 1. The number of nitrogens with zero attached hydrogens (tertiary/aromatic N) is 1. The van der Waals surface area contributed by atoms with Crippen molar-refractivity contribution in [2.45, 2.75) is 6.92 Å². The molecule has 1 aromatic heterocycles. The topological polar surface area (TPSA) is 97.4 Å². The van der Waals surface area contributed by atoms with Crippen molar-refractivity contribution in [1.29, 1.82) is 0 Å². The number of aromatic nitrogens is 1. The summed E-state index contributed by atoms with van der Waals surface area (Å²) in [6, 6.07) is 8.53. The van der Waals surface area contributed by atoms with Crippen molar-refractivity contribution in [3.63, 3.8) is 0 Å². The molecule has 0 aliphatic carbocycles. The average molecular weight is 259 g/mol. The summed E-state index contributed by atoms with van der Waals surface area (Å²) in [7, 11) is 0. The highest BCUT2D eigenvalue weighted by molar-refractivity contribution is 6.08. The van der Waals surface area contributed by atoms with Crippen LogP contribution in [0, 0.1) is 6.92 Å². The minimum Gasteiger partial charge on any atom is -0.478 e. The third kappa shape index (κ3) is 2.42. The first kappa shape index (κ1) is 12.7. The first-order valence-electron chi connectivity index (χ1n) is 5.57. The van der Waals surface area contributed by atoms with E-state index in [9.17, 15) is 9.59 Å². The molecule has 0 atom stereocenters. The van der Waals surface area contributed by atoms with Gasteiger partial charge in [0.05, 0.1) is 17.6 Å². The number of hydrogen-bond acceptors (Lipinski definition) is 3. The number of benzene rings is 1. The smallest absolute Gasteiger partial charge is 0.339 e. The predicted molar refractivity (Wildman–Crippen MR) is 70.7 cm³/mol. The molecule has 4 N–H and O–H groups in total. The number of carbonyl (C=O) groups is 2. The molecule has 0 bridgehead atoms. The SMILES string of the molecule is Cc1c(C(=O)O)c(NC(=O)c2ccccc2)cn1N. The summed E-state index contributed by atoms with van der Waals surface area (Å²) >= 11 is 0. The Labute approximate surface area is 109 Å². The molecule has 0 fully saturated rings. The zero-order valence-corrected chi connectivity index (χ0v) is 10.3. The van der Waals surface area contributed by atoms with Gasteiger partial charge in [-0.3, -0.25) is 9.47 Å². The number of carboxylic acid groups (broad SMARTS) is 1. The van der Waals surface area contributed by atoms with Gasteiger partial charge in [0.2, 0.25) is 0 Å². The summed E-state index contributed by atoms with van der Waals surface area (Å²) in [6.45, 7) is 1.57. The Kier molecular flexibility index (Phi) is 3.24. The number of rotatable bonds is 3. The van der Waals surface area contributed by atoms with Crippen molar-refractivity contribution in [1.82, 2.24) is 4.68 Å². The monoisotopic (exact) mass is 259 g/mol. The Morgan fingerprint density at radius 1 is 1.26 bits per heavy atom. The fourth-order valence-electron chi connectivity index (χ4n) is 1.77. The number of carbonyl (C=O) groups excluding carboxylic acids is 1. The van der Waals surface area contributed by atoms with Crippen molar-refractivity contribution in [2.24, 2.45) is 0 Å².